The Morgan fingerprint density at radius 2 is 1.52 bits per heavy atom. The van der Waals surface area contributed by atoms with E-state index >= 15 is 0 Å². The Morgan fingerprint density at radius 3 is 2.03 bits per heavy atom. The molecule has 0 aliphatic heterocycles. The molecule has 4 atom stereocenters. The molecule has 0 aromatic heterocycles. The van der Waals surface area contributed by atoms with E-state index in [9.17, 15) is 34.2 Å². The molecule has 1 aromatic carbocycles. The third-order valence-electron chi connectivity index (χ3n) is 4.56. The highest BCUT2D eigenvalue weighted by Crippen LogP contribution is 2.12. The number of amides is 3. The normalized spacial score (nSPS) is 14.3. The minimum Gasteiger partial charge on any atom is -0.508 e. The highest BCUT2D eigenvalue weighted by molar-refractivity contribution is 7.80. The molecule has 182 valence electrons. The molecule has 8 N–H and O–H groups in total. The van der Waals surface area contributed by atoms with E-state index in [0.717, 1.165) is 0 Å². The summed E-state index contributed by atoms with van der Waals surface area (Å²) in [5.41, 5.74) is 6.10. The number of phenols is 1. The van der Waals surface area contributed by atoms with Gasteiger partial charge in [-0.2, -0.15) is 12.6 Å². The summed E-state index contributed by atoms with van der Waals surface area (Å²) in [6, 6.07) is 1.02. The van der Waals surface area contributed by atoms with Crippen molar-refractivity contribution in [1.29, 1.82) is 0 Å². The molecule has 13 heteroatoms. The molecule has 0 bridgehead atoms. The number of nitrogens with two attached hydrogens (primary N) is 1. The number of thiol groups is 1. The number of aromatic hydroxyl groups is 1. The summed E-state index contributed by atoms with van der Waals surface area (Å²) in [6.45, 7) is 1.38. The SMILES string of the molecule is CC(NC(=O)C(N)CS)C(=O)NC(Cc1ccc(O)cc1)C(=O)NC(CCC(=O)O)C(=O)O. The van der Waals surface area contributed by atoms with Crippen LogP contribution in [0.2, 0.25) is 0 Å². The van der Waals surface area contributed by atoms with Crippen molar-refractivity contribution in [2.24, 2.45) is 5.73 Å². The zero-order chi connectivity index (χ0) is 25.1. The lowest BCUT2D eigenvalue weighted by Gasteiger charge is -2.23. The van der Waals surface area contributed by atoms with Crippen molar-refractivity contribution < 1.29 is 39.3 Å². The second-order valence-corrected chi connectivity index (χ2v) is 7.65. The molecule has 0 saturated carbocycles. The summed E-state index contributed by atoms with van der Waals surface area (Å²) in [5.74, 6) is -4.83. The van der Waals surface area contributed by atoms with Crippen molar-refractivity contribution in [3.05, 3.63) is 29.8 Å². The van der Waals surface area contributed by atoms with Gasteiger partial charge in [-0.25, -0.2) is 4.79 Å². The number of phenolic OH excluding ortho intramolecular Hbond substituents is 1. The maximum absolute atomic E-state index is 12.8. The number of benzene rings is 1. The van der Waals surface area contributed by atoms with Gasteiger partial charge in [-0.05, 0) is 31.0 Å². The monoisotopic (exact) mass is 484 g/mol. The number of rotatable bonds is 13. The molecule has 0 heterocycles. The maximum atomic E-state index is 12.8. The highest BCUT2D eigenvalue weighted by Gasteiger charge is 2.29. The molecule has 0 fully saturated rings. The van der Waals surface area contributed by atoms with Crippen LogP contribution in [-0.4, -0.2) is 74.9 Å². The first kappa shape index (κ1) is 27.7. The van der Waals surface area contributed by atoms with Crippen LogP contribution in [0.5, 0.6) is 5.75 Å². The number of carboxylic acid groups (broad SMARTS) is 2. The average Bonchev–Trinajstić information content (AvgIpc) is 2.76. The van der Waals surface area contributed by atoms with Crippen LogP contribution in [0.1, 0.15) is 25.3 Å². The number of hydrogen-bond acceptors (Lipinski definition) is 8. The third-order valence-corrected chi connectivity index (χ3v) is 4.95. The molecule has 12 nitrogen and oxygen atoms in total. The summed E-state index contributed by atoms with van der Waals surface area (Å²) < 4.78 is 0. The topological polar surface area (TPSA) is 208 Å². The van der Waals surface area contributed by atoms with Crippen LogP contribution in [0.15, 0.2) is 24.3 Å². The van der Waals surface area contributed by atoms with E-state index in [1.165, 1.54) is 31.2 Å². The summed E-state index contributed by atoms with van der Waals surface area (Å²) >= 11 is 3.91. The number of carboxylic acids is 2. The maximum Gasteiger partial charge on any atom is 0.326 e. The van der Waals surface area contributed by atoms with Crippen molar-refractivity contribution in [2.45, 2.75) is 50.4 Å². The van der Waals surface area contributed by atoms with Gasteiger partial charge in [0.1, 0.15) is 23.9 Å². The zero-order valence-corrected chi connectivity index (χ0v) is 18.7. The van der Waals surface area contributed by atoms with Gasteiger partial charge in [0.05, 0.1) is 6.04 Å². The summed E-state index contributed by atoms with van der Waals surface area (Å²) in [5, 5.41) is 34.6. The van der Waals surface area contributed by atoms with Crippen molar-refractivity contribution in [1.82, 2.24) is 16.0 Å². The van der Waals surface area contributed by atoms with Gasteiger partial charge in [-0.15, -0.1) is 0 Å². The molecule has 3 amide bonds. The number of carbonyl (C=O) groups is 5. The standard InChI is InChI=1S/C20H28N4O8S/c1-10(22-18(29)13(21)9-33)17(28)24-15(8-11-2-4-12(25)5-3-11)19(30)23-14(20(31)32)6-7-16(26)27/h2-5,10,13-15,25,33H,6-9,21H2,1H3,(H,22,29)(H,23,30)(H,24,28)(H,26,27)(H,31,32). The summed E-state index contributed by atoms with van der Waals surface area (Å²) in [6.07, 6.45) is -0.912. The van der Waals surface area contributed by atoms with E-state index in [1.807, 2.05) is 0 Å². The number of aliphatic carboxylic acids is 2. The zero-order valence-electron chi connectivity index (χ0n) is 17.9. The molecular formula is C20H28N4O8S. The first-order valence-electron chi connectivity index (χ1n) is 9.94. The Labute approximate surface area is 195 Å². The molecule has 0 radical (unpaired) electrons. The second kappa shape index (κ2) is 13.3. The second-order valence-electron chi connectivity index (χ2n) is 7.28. The van der Waals surface area contributed by atoms with Crippen LogP contribution in [0.3, 0.4) is 0 Å². The van der Waals surface area contributed by atoms with Crippen molar-refractivity contribution >= 4 is 42.3 Å². The third kappa shape index (κ3) is 9.78. The molecule has 1 aromatic rings. The lowest BCUT2D eigenvalue weighted by atomic mass is 10.0. The molecule has 1 rings (SSSR count). The fourth-order valence-corrected chi connectivity index (χ4v) is 2.81. The first-order valence-corrected chi connectivity index (χ1v) is 10.6. The molecular weight excluding hydrogens is 456 g/mol. The van der Waals surface area contributed by atoms with Crippen molar-refractivity contribution in [2.75, 3.05) is 5.75 Å². The lowest BCUT2D eigenvalue weighted by molar-refractivity contribution is -0.143. The highest BCUT2D eigenvalue weighted by atomic mass is 32.1. The Hall–Kier alpha value is -3.32. The van der Waals surface area contributed by atoms with Crippen molar-refractivity contribution in [3.63, 3.8) is 0 Å². The van der Waals surface area contributed by atoms with E-state index in [4.69, 9.17) is 10.8 Å². The van der Waals surface area contributed by atoms with Crippen LogP contribution in [0.25, 0.3) is 0 Å². The van der Waals surface area contributed by atoms with Gasteiger partial charge in [0, 0.05) is 18.6 Å². The van der Waals surface area contributed by atoms with E-state index in [-0.39, 0.29) is 24.3 Å². The van der Waals surface area contributed by atoms with Gasteiger partial charge in [0.2, 0.25) is 17.7 Å². The van der Waals surface area contributed by atoms with E-state index in [1.54, 1.807) is 0 Å². The van der Waals surface area contributed by atoms with Crippen LogP contribution in [0.4, 0.5) is 0 Å². The van der Waals surface area contributed by atoms with Crippen LogP contribution in [0, 0.1) is 0 Å². The van der Waals surface area contributed by atoms with Gasteiger partial charge in [-0.3, -0.25) is 19.2 Å². The lowest BCUT2D eigenvalue weighted by Crippen LogP contribution is -2.57. The largest absolute Gasteiger partial charge is 0.508 e. The molecule has 33 heavy (non-hydrogen) atoms. The van der Waals surface area contributed by atoms with Crippen LogP contribution in [-0.2, 0) is 30.4 Å². The molecule has 0 aliphatic rings. The fraction of sp³-hybridized carbons (Fsp3) is 0.450. The molecule has 0 spiro atoms. The number of carbonyl (C=O) groups excluding carboxylic acids is 3. The van der Waals surface area contributed by atoms with E-state index in [0.29, 0.717) is 5.56 Å². The Balaban J connectivity index is 2.99. The molecule has 0 saturated heterocycles. The van der Waals surface area contributed by atoms with Gasteiger partial charge >= 0.3 is 11.9 Å². The van der Waals surface area contributed by atoms with Gasteiger partial charge < -0.3 is 37.0 Å². The number of hydrogen-bond donors (Lipinski definition) is 8. The predicted octanol–water partition coefficient (Wildman–Crippen LogP) is -1.38. The first-order chi connectivity index (χ1) is 15.4. The fourth-order valence-electron chi connectivity index (χ4n) is 2.64. The van der Waals surface area contributed by atoms with E-state index in [2.05, 4.69) is 28.6 Å². The Kier molecular flexibility index (Phi) is 11.2. The quantitative estimate of drug-likeness (QED) is 0.155. The smallest absolute Gasteiger partial charge is 0.326 e. The average molecular weight is 485 g/mol. The summed E-state index contributed by atoms with van der Waals surface area (Å²) in [7, 11) is 0. The minimum absolute atomic E-state index is 0.0136. The Bertz CT molecular complexity index is 864. The van der Waals surface area contributed by atoms with E-state index < -0.39 is 60.2 Å². The molecule has 0 aliphatic carbocycles. The van der Waals surface area contributed by atoms with Gasteiger partial charge in [-0.1, -0.05) is 12.1 Å². The Morgan fingerprint density at radius 1 is 0.939 bits per heavy atom. The van der Waals surface area contributed by atoms with Crippen LogP contribution < -0.4 is 21.7 Å². The number of nitrogens with one attached hydrogen (secondary N) is 3. The van der Waals surface area contributed by atoms with Crippen molar-refractivity contribution in [3.8, 4) is 5.75 Å². The minimum atomic E-state index is -1.49. The van der Waals surface area contributed by atoms with Crippen LogP contribution >= 0.6 is 12.6 Å². The predicted molar refractivity (Wildman–Crippen MR) is 120 cm³/mol. The van der Waals surface area contributed by atoms with Gasteiger partial charge in [0.25, 0.3) is 0 Å². The molecule has 4 unspecified atom stereocenters. The summed E-state index contributed by atoms with van der Waals surface area (Å²) in [4.78, 5) is 59.5. The van der Waals surface area contributed by atoms with Gasteiger partial charge in [0.15, 0.2) is 0 Å².